The molecule has 1 aromatic heterocycles. The van der Waals surface area contributed by atoms with Gasteiger partial charge in [0.15, 0.2) is 0 Å². The molecule has 0 atom stereocenters. The average molecular weight is 428 g/mol. The predicted octanol–water partition coefficient (Wildman–Crippen LogP) is 4.84. The Bertz CT molecular complexity index is 860. The fraction of sp³-hybridized carbons (Fsp3) is 0.100. The summed E-state index contributed by atoms with van der Waals surface area (Å²) < 4.78 is 1.11. The Labute approximate surface area is 155 Å². The van der Waals surface area contributed by atoms with Crippen LogP contribution in [0.25, 0.3) is 11.1 Å². The molecule has 120 valence electrons. The number of nitrogens with one attached hydrogen (secondary N) is 1. The van der Waals surface area contributed by atoms with E-state index in [1.165, 1.54) is 0 Å². The Balaban J connectivity index is 1.68. The summed E-state index contributed by atoms with van der Waals surface area (Å²) >= 11 is 2.25. The van der Waals surface area contributed by atoms with Gasteiger partial charge in [0.2, 0.25) is 5.91 Å². The fourth-order valence-electron chi connectivity index (χ4n) is 2.49. The summed E-state index contributed by atoms with van der Waals surface area (Å²) in [6.07, 6.45) is 2.19. The highest BCUT2D eigenvalue weighted by Gasteiger charge is 2.07. The van der Waals surface area contributed by atoms with Crippen LogP contribution in [0, 0.1) is 10.5 Å². The number of rotatable bonds is 4. The molecular weight excluding hydrogens is 411 g/mol. The van der Waals surface area contributed by atoms with E-state index in [-0.39, 0.29) is 5.91 Å². The van der Waals surface area contributed by atoms with Crippen molar-refractivity contribution in [3.8, 4) is 11.1 Å². The van der Waals surface area contributed by atoms with E-state index in [2.05, 4.69) is 32.9 Å². The van der Waals surface area contributed by atoms with Crippen molar-refractivity contribution in [2.24, 2.45) is 0 Å². The molecule has 3 rings (SSSR count). The zero-order valence-corrected chi connectivity index (χ0v) is 15.4. The van der Waals surface area contributed by atoms with Crippen LogP contribution in [0.4, 0.5) is 5.69 Å². The monoisotopic (exact) mass is 428 g/mol. The van der Waals surface area contributed by atoms with Gasteiger partial charge in [-0.25, -0.2) is 0 Å². The van der Waals surface area contributed by atoms with E-state index in [9.17, 15) is 4.79 Å². The third kappa shape index (κ3) is 4.20. The first-order chi connectivity index (χ1) is 11.6. The van der Waals surface area contributed by atoms with Crippen molar-refractivity contribution in [1.82, 2.24) is 4.98 Å². The number of aromatic nitrogens is 1. The van der Waals surface area contributed by atoms with Crippen molar-refractivity contribution in [2.75, 3.05) is 5.32 Å². The third-order valence-corrected chi connectivity index (χ3v) is 4.76. The third-order valence-electron chi connectivity index (χ3n) is 3.71. The first-order valence-electron chi connectivity index (χ1n) is 7.68. The second-order valence-electron chi connectivity index (χ2n) is 5.58. The molecule has 1 amide bonds. The lowest BCUT2D eigenvalue weighted by Crippen LogP contribution is -2.14. The van der Waals surface area contributed by atoms with Gasteiger partial charge in [-0.3, -0.25) is 9.78 Å². The minimum Gasteiger partial charge on any atom is -0.326 e. The number of anilines is 1. The second kappa shape index (κ2) is 7.57. The van der Waals surface area contributed by atoms with E-state index in [0.29, 0.717) is 6.42 Å². The number of pyridine rings is 1. The lowest BCUT2D eigenvalue weighted by atomic mass is 10.1. The van der Waals surface area contributed by atoms with Gasteiger partial charge in [0.05, 0.1) is 6.42 Å². The molecule has 0 unspecified atom stereocenters. The highest BCUT2D eigenvalue weighted by molar-refractivity contribution is 14.1. The Kier molecular flexibility index (Phi) is 5.25. The van der Waals surface area contributed by atoms with Crippen LogP contribution in [0.3, 0.4) is 0 Å². The molecule has 2 aromatic carbocycles. The van der Waals surface area contributed by atoms with E-state index in [1.54, 1.807) is 0 Å². The number of amides is 1. The lowest BCUT2D eigenvalue weighted by molar-refractivity contribution is -0.115. The van der Waals surface area contributed by atoms with E-state index in [1.807, 2.05) is 73.8 Å². The Morgan fingerprint density at radius 1 is 1.04 bits per heavy atom. The predicted molar refractivity (Wildman–Crippen MR) is 106 cm³/mol. The lowest BCUT2D eigenvalue weighted by Gasteiger charge is -2.08. The first kappa shape index (κ1) is 16.6. The van der Waals surface area contributed by atoms with Gasteiger partial charge in [0.25, 0.3) is 0 Å². The molecule has 0 spiro atoms. The van der Waals surface area contributed by atoms with Crippen LogP contribution in [0.15, 0.2) is 66.9 Å². The van der Waals surface area contributed by atoms with Crippen LogP contribution in [0.1, 0.15) is 11.3 Å². The Morgan fingerprint density at radius 3 is 2.50 bits per heavy atom. The van der Waals surface area contributed by atoms with Gasteiger partial charge in [0, 0.05) is 21.1 Å². The summed E-state index contributed by atoms with van der Waals surface area (Å²) in [4.78, 5) is 16.4. The van der Waals surface area contributed by atoms with E-state index in [4.69, 9.17) is 0 Å². The summed E-state index contributed by atoms with van der Waals surface area (Å²) in [5, 5.41) is 2.95. The van der Waals surface area contributed by atoms with Crippen molar-refractivity contribution in [3.05, 3.63) is 81.7 Å². The molecule has 4 heteroatoms. The maximum Gasteiger partial charge on any atom is 0.228 e. The molecular formula is C20H17IN2O. The SMILES string of the molecule is Cc1cc(-c2ccc(NC(=O)Cc3ccccc3I)cc2)ccn1. The maximum absolute atomic E-state index is 12.2. The van der Waals surface area contributed by atoms with Crippen LogP contribution < -0.4 is 5.32 Å². The summed E-state index contributed by atoms with van der Waals surface area (Å²) in [5.41, 5.74) is 5.07. The molecule has 0 radical (unpaired) electrons. The largest absolute Gasteiger partial charge is 0.326 e. The summed E-state index contributed by atoms with van der Waals surface area (Å²) in [6.45, 7) is 1.98. The van der Waals surface area contributed by atoms with Crippen molar-refractivity contribution in [1.29, 1.82) is 0 Å². The van der Waals surface area contributed by atoms with E-state index >= 15 is 0 Å². The standard InChI is InChI=1S/C20H17IN2O/c1-14-12-16(10-11-22-14)15-6-8-18(9-7-15)23-20(24)13-17-4-2-3-5-19(17)21/h2-12H,13H2,1H3,(H,23,24). The van der Waals surface area contributed by atoms with Crippen molar-refractivity contribution < 1.29 is 4.79 Å². The van der Waals surface area contributed by atoms with E-state index in [0.717, 1.165) is 31.6 Å². The van der Waals surface area contributed by atoms with Crippen LogP contribution in [0.5, 0.6) is 0 Å². The quantitative estimate of drug-likeness (QED) is 0.605. The smallest absolute Gasteiger partial charge is 0.228 e. The normalized spacial score (nSPS) is 10.4. The minimum absolute atomic E-state index is 0.00776. The molecule has 0 aliphatic carbocycles. The molecule has 0 aliphatic heterocycles. The highest BCUT2D eigenvalue weighted by Crippen LogP contribution is 2.22. The van der Waals surface area contributed by atoms with Gasteiger partial charge in [-0.2, -0.15) is 0 Å². The summed E-state index contributed by atoms with van der Waals surface area (Å²) in [7, 11) is 0. The Morgan fingerprint density at radius 2 is 1.79 bits per heavy atom. The molecule has 0 aliphatic rings. The number of aryl methyl sites for hydroxylation is 1. The van der Waals surface area contributed by atoms with Crippen molar-refractivity contribution in [3.63, 3.8) is 0 Å². The van der Waals surface area contributed by atoms with Crippen LogP contribution in [0.2, 0.25) is 0 Å². The average Bonchev–Trinajstić information content (AvgIpc) is 2.58. The maximum atomic E-state index is 12.2. The van der Waals surface area contributed by atoms with Crippen LogP contribution in [-0.2, 0) is 11.2 Å². The molecule has 0 bridgehead atoms. The topological polar surface area (TPSA) is 42.0 Å². The molecule has 24 heavy (non-hydrogen) atoms. The molecule has 1 N–H and O–H groups in total. The number of carbonyl (C=O) groups is 1. The van der Waals surface area contributed by atoms with Gasteiger partial charge >= 0.3 is 0 Å². The summed E-state index contributed by atoms with van der Waals surface area (Å²) in [6, 6.07) is 19.8. The number of nitrogens with zero attached hydrogens (tertiary/aromatic N) is 1. The van der Waals surface area contributed by atoms with Gasteiger partial charge in [-0.05, 0) is 76.5 Å². The highest BCUT2D eigenvalue weighted by atomic mass is 127. The van der Waals surface area contributed by atoms with Gasteiger partial charge < -0.3 is 5.32 Å². The van der Waals surface area contributed by atoms with Crippen LogP contribution >= 0.6 is 22.6 Å². The van der Waals surface area contributed by atoms with Crippen molar-refractivity contribution in [2.45, 2.75) is 13.3 Å². The number of carbonyl (C=O) groups excluding carboxylic acids is 1. The van der Waals surface area contributed by atoms with Crippen molar-refractivity contribution >= 4 is 34.2 Å². The molecule has 0 saturated heterocycles. The molecule has 1 heterocycles. The molecule has 3 aromatic rings. The number of hydrogen-bond donors (Lipinski definition) is 1. The second-order valence-corrected chi connectivity index (χ2v) is 6.74. The molecule has 3 nitrogen and oxygen atoms in total. The number of benzene rings is 2. The minimum atomic E-state index is -0.00776. The van der Waals surface area contributed by atoms with Gasteiger partial charge in [0.1, 0.15) is 0 Å². The first-order valence-corrected chi connectivity index (χ1v) is 8.76. The number of halogens is 1. The summed E-state index contributed by atoms with van der Waals surface area (Å²) in [5.74, 6) is -0.00776. The zero-order chi connectivity index (χ0) is 16.9. The van der Waals surface area contributed by atoms with E-state index < -0.39 is 0 Å². The fourth-order valence-corrected chi connectivity index (χ4v) is 3.07. The van der Waals surface area contributed by atoms with Gasteiger partial charge in [-0.15, -0.1) is 0 Å². The van der Waals surface area contributed by atoms with Gasteiger partial charge in [-0.1, -0.05) is 30.3 Å². The zero-order valence-electron chi connectivity index (χ0n) is 13.3. The number of hydrogen-bond acceptors (Lipinski definition) is 2. The molecule has 0 saturated carbocycles. The molecule has 0 fully saturated rings. The Hall–Kier alpha value is -2.21. The van der Waals surface area contributed by atoms with Crippen LogP contribution in [-0.4, -0.2) is 10.9 Å².